The van der Waals surface area contributed by atoms with Gasteiger partial charge in [-0.3, -0.25) is 19.8 Å². The zero-order valence-corrected chi connectivity index (χ0v) is 11.6. The minimum absolute atomic E-state index is 0.158. The number of rotatable bonds is 3. The van der Waals surface area contributed by atoms with Crippen molar-refractivity contribution in [3.8, 4) is 0 Å². The third kappa shape index (κ3) is 2.59. The Morgan fingerprint density at radius 3 is 3.05 bits per heavy atom. The number of carbonyl (C=O) groups excluding carboxylic acids is 2. The largest absolute Gasteiger partial charge is 0.439 e. The van der Waals surface area contributed by atoms with Crippen LogP contribution in [0.15, 0.2) is 22.6 Å². The molecule has 1 aromatic heterocycles. The monoisotopic (exact) mass is 288 g/mol. The Bertz CT molecular complexity index is 709. The number of benzene rings is 1. The Balaban J connectivity index is 1.85. The molecule has 1 saturated heterocycles. The Kier molecular flexibility index (Phi) is 3.34. The topological polar surface area (TPSA) is 101 Å². The molecule has 3 N–H and O–H groups in total. The molecule has 1 fully saturated rings. The molecule has 1 aromatic carbocycles. The number of nitrogen functional groups attached to an aromatic ring is 1. The van der Waals surface area contributed by atoms with Gasteiger partial charge < -0.3 is 10.2 Å². The van der Waals surface area contributed by atoms with Crippen LogP contribution in [0.5, 0.6) is 0 Å². The summed E-state index contributed by atoms with van der Waals surface area (Å²) >= 11 is 0. The molecule has 2 aromatic rings. The summed E-state index contributed by atoms with van der Waals surface area (Å²) in [6, 6.07) is 4.89. The highest BCUT2D eigenvalue weighted by atomic mass is 16.3. The van der Waals surface area contributed by atoms with Gasteiger partial charge in [-0.2, -0.15) is 0 Å². The van der Waals surface area contributed by atoms with Gasteiger partial charge in [-0.05, 0) is 18.6 Å². The number of nitrogens with zero attached hydrogens (tertiary/aromatic N) is 2. The Morgan fingerprint density at radius 1 is 1.48 bits per heavy atom. The highest BCUT2D eigenvalue weighted by Crippen LogP contribution is 2.20. The summed E-state index contributed by atoms with van der Waals surface area (Å²) in [7, 11) is 0. The molecule has 1 unspecified atom stereocenters. The van der Waals surface area contributed by atoms with Crippen LogP contribution >= 0.6 is 0 Å². The van der Waals surface area contributed by atoms with Crippen LogP contribution in [0.25, 0.3) is 11.1 Å². The van der Waals surface area contributed by atoms with Crippen LogP contribution < -0.4 is 11.1 Å². The summed E-state index contributed by atoms with van der Waals surface area (Å²) in [4.78, 5) is 29.5. The quantitative estimate of drug-likeness (QED) is 0.635. The number of anilines is 1. The average molecular weight is 288 g/mol. The lowest BCUT2D eigenvalue weighted by Crippen LogP contribution is -2.57. The maximum absolute atomic E-state index is 11.8. The lowest BCUT2D eigenvalue weighted by atomic mass is 10.1. The smallest absolute Gasteiger partial charge is 0.243 e. The highest BCUT2D eigenvalue weighted by Gasteiger charge is 2.33. The van der Waals surface area contributed by atoms with E-state index in [0.29, 0.717) is 35.6 Å². The highest BCUT2D eigenvalue weighted by molar-refractivity contribution is 6.01. The summed E-state index contributed by atoms with van der Waals surface area (Å²) in [5, 5.41) is 2.34. The molecule has 0 aliphatic carbocycles. The van der Waals surface area contributed by atoms with E-state index in [1.807, 2.05) is 6.92 Å². The number of nitrogens with two attached hydrogens (primary N) is 1. The van der Waals surface area contributed by atoms with E-state index in [1.54, 1.807) is 23.1 Å². The van der Waals surface area contributed by atoms with Crippen LogP contribution in [0.2, 0.25) is 0 Å². The van der Waals surface area contributed by atoms with Crippen LogP contribution in [0.3, 0.4) is 0 Å². The zero-order chi connectivity index (χ0) is 15.0. The SMILES string of the molecule is CCC1C(=O)NC(=O)CN1Cc1nc2ccc(N)cc2o1. The van der Waals surface area contributed by atoms with Crippen molar-refractivity contribution in [3.05, 3.63) is 24.1 Å². The van der Waals surface area contributed by atoms with E-state index >= 15 is 0 Å². The lowest BCUT2D eigenvalue weighted by molar-refractivity contribution is -0.140. The van der Waals surface area contributed by atoms with Crippen LogP contribution in [0, 0.1) is 0 Å². The van der Waals surface area contributed by atoms with E-state index in [4.69, 9.17) is 10.2 Å². The molecular weight excluding hydrogens is 272 g/mol. The van der Waals surface area contributed by atoms with E-state index in [2.05, 4.69) is 10.3 Å². The Hall–Kier alpha value is -2.41. The number of imide groups is 1. The number of aromatic nitrogens is 1. The van der Waals surface area contributed by atoms with Crippen LogP contribution in [0.1, 0.15) is 19.2 Å². The van der Waals surface area contributed by atoms with Crippen LogP contribution in [-0.2, 0) is 16.1 Å². The predicted molar refractivity (Wildman–Crippen MR) is 76.1 cm³/mol. The maximum Gasteiger partial charge on any atom is 0.243 e. The fraction of sp³-hybridized carbons (Fsp3) is 0.357. The first kappa shape index (κ1) is 13.6. The minimum atomic E-state index is -0.345. The molecule has 7 heteroatoms. The summed E-state index contributed by atoms with van der Waals surface area (Å²) in [5.41, 5.74) is 7.61. The van der Waals surface area contributed by atoms with Gasteiger partial charge >= 0.3 is 0 Å². The standard InChI is InChI=1S/C14H16N4O3/c1-2-10-14(20)17-12(19)6-18(10)7-13-16-9-4-3-8(15)5-11(9)21-13/h3-5,10H,2,6-7,15H2,1H3,(H,17,19,20). The molecule has 0 bridgehead atoms. The van der Waals surface area contributed by atoms with Gasteiger partial charge in [0.15, 0.2) is 5.58 Å². The van der Waals surface area contributed by atoms with Crippen LogP contribution in [0.4, 0.5) is 5.69 Å². The van der Waals surface area contributed by atoms with Gasteiger partial charge in [0.2, 0.25) is 17.7 Å². The molecular formula is C14H16N4O3. The maximum atomic E-state index is 11.8. The van der Waals surface area contributed by atoms with Crippen molar-refractivity contribution in [1.29, 1.82) is 0 Å². The first-order valence-corrected chi connectivity index (χ1v) is 6.79. The Morgan fingerprint density at radius 2 is 2.29 bits per heavy atom. The molecule has 2 heterocycles. The second-order valence-corrected chi connectivity index (χ2v) is 5.08. The molecule has 21 heavy (non-hydrogen) atoms. The predicted octanol–water partition coefficient (Wildman–Crippen LogP) is 0.647. The molecule has 0 spiro atoms. The zero-order valence-electron chi connectivity index (χ0n) is 11.6. The van der Waals surface area contributed by atoms with E-state index < -0.39 is 0 Å². The number of oxazole rings is 1. The molecule has 1 atom stereocenters. The van der Waals surface area contributed by atoms with Gasteiger partial charge in [0.05, 0.1) is 19.1 Å². The molecule has 3 rings (SSSR count). The van der Waals surface area contributed by atoms with Gasteiger partial charge in [0.25, 0.3) is 0 Å². The lowest BCUT2D eigenvalue weighted by Gasteiger charge is -2.32. The summed E-state index contributed by atoms with van der Waals surface area (Å²) in [5.74, 6) is -0.101. The first-order valence-electron chi connectivity index (χ1n) is 6.79. The molecule has 1 aliphatic rings. The van der Waals surface area contributed by atoms with Crippen molar-refractivity contribution in [2.45, 2.75) is 25.9 Å². The van der Waals surface area contributed by atoms with Gasteiger partial charge in [-0.1, -0.05) is 6.92 Å². The normalized spacial score (nSPS) is 20.0. The second-order valence-electron chi connectivity index (χ2n) is 5.08. The van der Waals surface area contributed by atoms with Gasteiger partial charge in [0, 0.05) is 11.8 Å². The van der Waals surface area contributed by atoms with Crippen molar-refractivity contribution in [2.24, 2.45) is 0 Å². The van der Waals surface area contributed by atoms with Gasteiger partial charge in [0.1, 0.15) is 5.52 Å². The molecule has 0 saturated carbocycles. The van der Waals surface area contributed by atoms with Crippen molar-refractivity contribution < 1.29 is 14.0 Å². The van der Waals surface area contributed by atoms with E-state index in [1.165, 1.54) is 0 Å². The number of hydrogen-bond acceptors (Lipinski definition) is 6. The average Bonchev–Trinajstić information content (AvgIpc) is 2.79. The number of nitrogens with one attached hydrogen (secondary N) is 1. The summed E-state index contributed by atoms with van der Waals surface area (Å²) in [6.07, 6.45) is 0.617. The summed E-state index contributed by atoms with van der Waals surface area (Å²) in [6.45, 7) is 2.37. The first-order chi connectivity index (χ1) is 10.1. The minimum Gasteiger partial charge on any atom is -0.439 e. The number of piperazine rings is 1. The fourth-order valence-corrected chi connectivity index (χ4v) is 2.56. The van der Waals surface area contributed by atoms with Gasteiger partial charge in [-0.25, -0.2) is 4.98 Å². The number of carbonyl (C=O) groups is 2. The van der Waals surface area contributed by atoms with Gasteiger partial charge in [-0.15, -0.1) is 0 Å². The molecule has 2 amide bonds. The Labute approximate surface area is 121 Å². The molecule has 110 valence electrons. The third-order valence-electron chi connectivity index (χ3n) is 3.53. The number of hydrogen-bond donors (Lipinski definition) is 2. The van der Waals surface area contributed by atoms with E-state index in [-0.39, 0.29) is 24.4 Å². The van der Waals surface area contributed by atoms with Crippen LogP contribution in [-0.4, -0.2) is 34.3 Å². The molecule has 1 aliphatic heterocycles. The number of fused-ring (bicyclic) bond motifs is 1. The van der Waals surface area contributed by atoms with Crippen molar-refractivity contribution in [2.75, 3.05) is 12.3 Å². The molecule has 7 nitrogen and oxygen atoms in total. The van der Waals surface area contributed by atoms with E-state index in [9.17, 15) is 9.59 Å². The van der Waals surface area contributed by atoms with E-state index in [0.717, 1.165) is 0 Å². The molecule has 0 radical (unpaired) electrons. The van der Waals surface area contributed by atoms with Crippen molar-refractivity contribution in [1.82, 2.24) is 15.2 Å². The fourth-order valence-electron chi connectivity index (χ4n) is 2.56. The summed E-state index contributed by atoms with van der Waals surface area (Å²) < 4.78 is 5.64. The number of amides is 2. The van der Waals surface area contributed by atoms with Crippen molar-refractivity contribution in [3.63, 3.8) is 0 Å². The second kappa shape index (κ2) is 5.17. The third-order valence-corrected chi connectivity index (χ3v) is 3.53. The van der Waals surface area contributed by atoms with Crippen molar-refractivity contribution >= 4 is 28.6 Å².